The summed E-state index contributed by atoms with van der Waals surface area (Å²) in [6, 6.07) is 89.0. The number of thiophene rings is 1. The summed E-state index contributed by atoms with van der Waals surface area (Å²) < 4.78 is 2.60. The Morgan fingerprint density at radius 1 is 0.324 bits per heavy atom. The van der Waals surface area contributed by atoms with Crippen molar-refractivity contribution in [3.8, 4) is 33.4 Å². The molecule has 1 heterocycles. The molecule has 3 heteroatoms. The molecule has 0 saturated carbocycles. The standard InChI is InChI=1S/C65H46N2S/c1-65(2)59-28-16-14-26-53(59)54-38-35-49(41-60(54)65)66(46-20-8-4-9-21-46)50-36-39-57-62(42-50)68-64-56-37-32-45(40-58(56)52-25-12-13-27-55(52)63(57)64)43-30-33-48(34-31-43)67(47-22-10-5-11-23-47)61-29-17-15-24-51(61)44-18-6-3-7-19-44/h3-42H,1-2H3. The zero-order chi connectivity index (χ0) is 45.3. The molecule has 12 aromatic rings. The normalized spacial score (nSPS) is 12.7. The first-order valence-corrected chi connectivity index (χ1v) is 24.3. The molecule has 1 aliphatic carbocycles. The van der Waals surface area contributed by atoms with Gasteiger partial charge in [-0.25, -0.2) is 0 Å². The molecule has 0 saturated heterocycles. The zero-order valence-corrected chi connectivity index (χ0v) is 38.7. The molecule has 68 heavy (non-hydrogen) atoms. The van der Waals surface area contributed by atoms with Crippen LogP contribution >= 0.6 is 11.3 Å². The van der Waals surface area contributed by atoms with Gasteiger partial charge in [-0.1, -0.05) is 184 Å². The van der Waals surface area contributed by atoms with Crippen LogP contribution in [0.3, 0.4) is 0 Å². The second-order valence-electron chi connectivity index (χ2n) is 18.5. The minimum absolute atomic E-state index is 0.0930. The molecule has 1 aromatic heterocycles. The smallest absolute Gasteiger partial charge is 0.0540 e. The maximum absolute atomic E-state index is 2.43. The predicted octanol–water partition coefficient (Wildman–Crippen LogP) is 18.9. The second-order valence-corrected chi connectivity index (χ2v) is 19.5. The van der Waals surface area contributed by atoms with Gasteiger partial charge in [0, 0.05) is 65.0 Å². The van der Waals surface area contributed by atoms with Gasteiger partial charge in [-0.05, 0) is 128 Å². The molecule has 11 aromatic carbocycles. The lowest BCUT2D eigenvalue weighted by molar-refractivity contribution is 0.660. The van der Waals surface area contributed by atoms with Crippen molar-refractivity contribution in [3.63, 3.8) is 0 Å². The van der Waals surface area contributed by atoms with Crippen LogP contribution in [0.2, 0.25) is 0 Å². The summed E-state index contributed by atoms with van der Waals surface area (Å²) in [7, 11) is 0. The fourth-order valence-corrected chi connectivity index (χ4v) is 12.2. The van der Waals surface area contributed by atoms with Crippen molar-refractivity contribution in [3.05, 3.63) is 254 Å². The fourth-order valence-electron chi connectivity index (χ4n) is 11.0. The Morgan fingerprint density at radius 3 is 1.63 bits per heavy atom. The molecule has 1 aliphatic rings. The van der Waals surface area contributed by atoms with Crippen LogP contribution in [0, 0.1) is 0 Å². The number of hydrogen-bond acceptors (Lipinski definition) is 3. The largest absolute Gasteiger partial charge is 0.310 e. The first-order valence-electron chi connectivity index (χ1n) is 23.5. The van der Waals surface area contributed by atoms with Gasteiger partial charge in [0.15, 0.2) is 0 Å². The molecule has 0 aliphatic heterocycles. The van der Waals surface area contributed by atoms with Crippen molar-refractivity contribution in [2.24, 2.45) is 0 Å². The van der Waals surface area contributed by atoms with Gasteiger partial charge in [-0.15, -0.1) is 11.3 Å². The minimum Gasteiger partial charge on any atom is -0.310 e. The van der Waals surface area contributed by atoms with Crippen molar-refractivity contribution < 1.29 is 0 Å². The maximum atomic E-state index is 2.43. The van der Waals surface area contributed by atoms with E-state index in [-0.39, 0.29) is 5.41 Å². The number of hydrogen-bond donors (Lipinski definition) is 0. The Kier molecular flexibility index (Phi) is 9.42. The zero-order valence-electron chi connectivity index (χ0n) is 37.9. The molecule has 0 unspecified atom stereocenters. The Bertz CT molecular complexity index is 3870. The van der Waals surface area contributed by atoms with Crippen LogP contribution in [-0.2, 0) is 5.41 Å². The van der Waals surface area contributed by atoms with Gasteiger partial charge in [0.1, 0.15) is 0 Å². The topological polar surface area (TPSA) is 6.48 Å². The van der Waals surface area contributed by atoms with Gasteiger partial charge >= 0.3 is 0 Å². The molecule has 0 spiro atoms. The molecule has 13 rings (SSSR count). The van der Waals surface area contributed by atoms with Gasteiger partial charge in [0.25, 0.3) is 0 Å². The van der Waals surface area contributed by atoms with Crippen molar-refractivity contribution in [1.29, 1.82) is 0 Å². The van der Waals surface area contributed by atoms with Gasteiger partial charge in [-0.2, -0.15) is 0 Å². The molecule has 0 N–H and O–H groups in total. The Balaban J connectivity index is 0.911. The van der Waals surface area contributed by atoms with E-state index in [1.807, 2.05) is 11.3 Å². The van der Waals surface area contributed by atoms with Gasteiger partial charge in [0.2, 0.25) is 0 Å². The van der Waals surface area contributed by atoms with Gasteiger partial charge in [-0.3, -0.25) is 0 Å². The third kappa shape index (κ3) is 6.46. The lowest BCUT2D eigenvalue weighted by atomic mass is 9.82. The lowest BCUT2D eigenvalue weighted by Crippen LogP contribution is -2.16. The average molecular weight is 887 g/mol. The SMILES string of the molecule is CC1(C)c2ccccc2-c2ccc(N(c3ccccc3)c3ccc4c(c3)sc3c5ccc(-c6ccc(N(c7ccccc7)c7ccccc7-c7ccccc7)cc6)cc5c5ccccc5c43)cc21. The number of rotatable bonds is 8. The summed E-state index contributed by atoms with van der Waals surface area (Å²) in [5.74, 6) is 0. The quantitative estimate of drug-likeness (QED) is 0.140. The molecular weight excluding hydrogens is 841 g/mol. The van der Waals surface area contributed by atoms with Crippen molar-refractivity contribution >= 4 is 87.2 Å². The Morgan fingerprint density at radius 2 is 0.868 bits per heavy atom. The van der Waals surface area contributed by atoms with E-state index in [4.69, 9.17) is 0 Å². The summed E-state index contributed by atoms with van der Waals surface area (Å²) in [6.45, 7) is 4.72. The molecular formula is C65H46N2S. The van der Waals surface area contributed by atoms with Crippen molar-refractivity contribution in [2.45, 2.75) is 19.3 Å². The van der Waals surface area contributed by atoms with E-state index in [0.717, 1.165) is 34.1 Å². The molecule has 0 fully saturated rings. The highest BCUT2D eigenvalue weighted by Crippen LogP contribution is 2.52. The van der Waals surface area contributed by atoms with Gasteiger partial charge in [0.05, 0.1) is 5.69 Å². The summed E-state index contributed by atoms with van der Waals surface area (Å²) in [5, 5.41) is 7.75. The molecule has 0 bridgehead atoms. The predicted molar refractivity (Wildman–Crippen MR) is 292 cm³/mol. The van der Waals surface area contributed by atoms with Crippen LogP contribution in [0.4, 0.5) is 34.1 Å². The van der Waals surface area contributed by atoms with Crippen molar-refractivity contribution in [2.75, 3.05) is 9.80 Å². The third-order valence-electron chi connectivity index (χ3n) is 14.2. The number of benzene rings is 11. The average Bonchev–Trinajstić information content (AvgIpc) is 3.89. The van der Waals surface area contributed by atoms with Crippen LogP contribution in [0.5, 0.6) is 0 Å². The molecule has 0 atom stereocenters. The van der Waals surface area contributed by atoms with Gasteiger partial charge < -0.3 is 9.80 Å². The first-order chi connectivity index (χ1) is 33.5. The van der Waals surface area contributed by atoms with Crippen LogP contribution in [0.25, 0.3) is 75.1 Å². The van der Waals surface area contributed by atoms with Crippen molar-refractivity contribution in [1.82, 2.24) is 0 Å². The summed E-state index contributed by atoms with van der Waals surface area (Å²) >= 11 is 1.91. The highest BCUT2D eigenvalue weighted by Gasteiger charge is 2.36. The number of nitrogens with zero attached hydrogens (tertiary/aromatic N) is 2. The number of fused-ring (bicyclic) bond motifs is 11. The maximum Gasteiger partial charge on any atom is 0.0540 e. The highest BCUT2D eigenvalue weighted by molar-refractivity contribution is 7.27. The third-order valence-corrected chi connectivity index (χ3v) is 15.4. The van der Waals surface area contributed by atoms with Crippen LogP contribution < -0.4 is 9.80 Å². The van der Waals surface area contributed by atoms with E-state index >= 15 is 0 Å². The first kappa shape index (κ1) is 40.1. The van der Waals surface area contributed by atoms with E-state index in [0.29, 0.717) is 0 Å². The van der Waals surface area contributed by atoms with Crippen LogP contribution in [0.15, 0.2) is 243 Å². The number of para-hydroxylation sites is 3. The summed E-state index contributed by atoms with van der Waals surface area (Å²) in [5.41, 5.74) is 16.9. The van der Waals surface area contributed by atoms with E-state index in [1.165, 1.54) is 86.2 Å². The molecule has 2 nitrogen and oxygen atoms in total. The Hall–Kier alpha value is -8.24. The molecule has 0 radical (unpaired) electrons. The monoisotopic (exact) mass is 886 g/mol. The fraction of sp³-hybridized carbons (Fsp3) is 0.0462. The summed E-state index contributed by atoms with van der Waals surface area (Å²) in [4.78, 5) is 4.80. The molecule has 0 amide bonds. The van der Waals surface area contributed by atoms with Crippen LogP contribution in [-0.4, -0.2) is 0 Å². The van der Waals surface area contributed by atoms with E-state index in [9.17, 15) is 0 Å². The number of anilines is 6. The van der Waals surface area contributed by atoms with Crippen LogP contribution in [0.1, 0.15) is 25.0 Å². The highest BCUT2D eigenvalue weighted by atomic mass is 32.1. The lowest BCUT2D eigenvalue weighted by Gasteiger charge is -2.28. The van der Waals surface area contributed by atoms with E-state index in [2.05, 4.69) is 266 Å². The second kappa shape index (κ2) is 16.0. The summed E-state index contributed by atoms with van der Waals surface area (Å²) in [6.07, 6.45) is 0. The van der Waals surface area contributed by atoms with E-state index in [1.54, 1.807) is 0 Å². The minimum atomic E-state index is -0.0930. The Labute approximate surface area is 401 Å². The van der Waals surface area contributed by atoms with E-state index < -0.39 is 0 Å². The molecule has 322 valence electrons.